The number of nitrogen functional groups attached to an aromatic ring is 1. The lowest BCUT2D eigenvalue weighted by Crippen LogP contribution is -2.16. The molecule has 0 aliphatic rings. The van der Waals surface area contributed by atoms with Crippen molar-refractivity contribution >= 4 is 5.69 Å². The van der Waals surface area contributed by atoms with Crippen LogP contribution in [0.2, 0.25) is 0 Å². The van der Waals surface area contributed by atoms with E-state index in [0.29, 0.717) is 5.69 Å². The molecule has 1 heterocycles. The van der Waals surface area contributed by atoms with Gasteiger partial charge in [-0.2, -0.15) is 0 Å². The van der Waals surface area contributed by atoms with E-state index in [2.05, 4.69) is 12.0 Å². The van der Waals surface area contributed by atoms with Crippen LogP contribution < -0.4 is 11.3 Å². The number of para-hydroxylation sites is 1. The Morgan fingerprint density at radius 2 is 2.00 bits per heavy atom. The molecule has 3 N–H and O–H groups in total. The molecule has 2 aromatic rings. The van der Waals surface area contributed by atoms with Crippen LogP contribution in [0.5, 0.6) is 0 Å². The molecular weight excluding hydrogens is 214 g/mol. The van der Waals surface area contributed by atoms with Crippen molar-refractivity contribution in [2.75, 3.05) is 5.73 Å². The maximum absolute atomic E-state index is 12.0. The summed E-state index contributed by atoms with van der Waals surface area (Å²) in [6, 6.07) is 9.45. The van der Waals surface area contributed by atoms with Gasteiger partial charge in [-0.05, 0) is 25.0 Å². The van der Waals surface area contributed by atoms with Gasteiger partial charge in [-0.15, -0.1) is 0 Å². The molecule has 0 aliphatic heterocycles. The lowest BCUT2D eigenvalue weighted by Gasteiger charge is -2.00. The molecule has 0 amide bonds. The summed E-state index contributed by atoms with van der Waals surface area (Å²) in [7, 11) is 0. The number of H-pyrrole nitrogens is 1. The van der Waals surface area contributed by atoms with E-state index in [9.17, 15) is 4.79 Å². The van der Waals surface area contributed by atoms with E-state index in [-0.39, 0.29) is 5.56 Å². The number of aromatic nitrogens is 2. The Balaban J connectivity index is 2.40. The Hall–Kier alpha value is -1.97. The molecule has 2 rings (SSSR count). The van der Waals surface area contributed by atoms with Crippen LogP contribution in [0.25, 0.3) is 5.69 Å². The molecule has 0 bridgehead atoms. The molecule has 4 nitrogen and oxygen atoms in total. The van der Waals surface area contributed by atoms with E-state index in [1.165, 1.54) is 4.68 Å². The van der Waals surface area contributed by atoms with Crippen molar-refractivity contribution in [2.45, 2.75) is 26.2 Å². The first kappa shape index (κ1) is 11.5. The number of hydrogen-bond donors (Lipinski definition) is 2. The van der Waals surface area contributed by atoms with Gasteiger partial charge in [0.2, 0.25) is 0 Å². The highest BCUT2D eigenvalue weighted by Crippen LogP contribution is 2.11. The Morgan fingerprint density at radius 1 is 1.29 bits per heavy atom. The molecule has 4 heteroatoms. The van der Waals surface area contributed by atoms with Crippen LogP contribution in [0.15, 0.2) is 35.1 Å². The van der Waals surface area contributed by atoms with Crippen LogP contribution in [-0.4, -0.2) is 9.78 Å². The van der Waals surface area contributed by atoms with Gasteiger partial charge >= 0.3 is 0 Å². The zero-order valence-electron chi connectivity index (χ0n) is 9.94. The summed E-state index contributed by atoms with van der Waals surface area (Å²) in [5.74, 6) is 0. The SMILES string of the molecule is CCCCc1[nH]n(-c2ccccc2)c(=O)c1N. The number of unbranched alkanes of at least 4 members (excludes halogenated alkanes) is 1. The third-order valence-electron chi connectivity index (χ3n) is 2.80. The normalized spacial score (nSPS) is 10.6. The molecule has 1 aromatic heterocycles. The fourth-order valence-electron chi connectivity index (χ4n) is 1.80. The topological polar surface area (TPSA) is 63.8 Å². The number of nitrogens with zero attached hydrogens (tertiary/aromatic N) is 1. The summed E-state index contributed by atoms with van der Waals surface area (Å²) in [4.78, 5) is 12.0. The molecule has 0 saturated heterocycles. The highest BCUT2D eigenvalue weighted by atomic mass is 16.1. The zero-order chi connectivity index (χ0) is 12.3. The van der Waals surface area contributed by atoms with E-state index in [1.54, 1.807) is 0 Å². The molecule has 0 spiro atoms. The third kappa shape index (κ3) is 2.25. The highest BCUT2D eigenvalue weighted by Gasteiger charge is 2.11. The summed E-state index contributed by atoms with van der Waals surface area (Å²) in [6.45, 7) is 2.11. The molecule has 1 aromatic carbocycles. The minimum atomic E-state index is -0.165. The summed E-state index contributed by atoms with van der Waals surface area (Å²) >= 11 is 0. The lowest BCUT2D eigenvalue weighted by molar-refractivity contribution is 0.748. The average Bonchev–Trinajstić information content (AvgIpc) is 2.65. The molecule has 90 valence electrons. The number of anilines is 1. The first-order chi connectivity index (χ1) is 8.24. The van der Waals surface area contributed by atoms with E-state index >= 15 is 0 Å². The third-order valence-corrected chi connectivity index (χ3v) is 2.80. The van der Waals surface area contributed by atoms with Crippen molar-refractivity contribution in [3.8, 4) is 5.69 Å². The van der Waals surface area contributed by atoms with Gasteiger partial charge in [0.25, 0.3) is 5.56 Å². The quantitative estimate of drug-likeness (QED) is 0.846. The van der Waals surface area contributed by atoms with Gasteiger partial charge in [-0.25, -0.2) is 4.68 Å². The number of hydrogen-bond acceptors (Lipinski definition) is 2. The fraction of sp³-hybridized carbons (Fsp3) is 0.308. The van der Waals surface area contributed by atoms with E-state index in [4.69, 9.17) is 5.73 Å². The number of nitrogens with two attached hydrogens (primary N) is 1. The molecule has 0 unspecified atom stereocenters. The van der Waals surface area contributed by atoms with Crippen molar-refractivity contribution in [3.63, 3.8) is 0 Å². The maximum Gasteiger partial charge on any atom is 0.294 e. The minimum Gasteiger partial charge on any atom is -0.393 e. The number of aryl methyl sites for hydroxylation is 1. The standard InChI is InChI=1S/C13H17N3O/c1-2-3-9-11-12(14)13(17)16(15-11)10-7-5-4-6-8-10/h4-8,15H,2-3,9,14H2,1H3. The van der Waals surface area contributed by atoms with Crippen LogP contribution in [0.4, 0.5) is 5.69 Å². The van der Waals surface area contributed by atoms with Crippen LogP contribution in [0.1, 0.15) is 25.5 Å². The fourth-order valence-corrected chi connectivity index (χ4v) is 1.80. The van der Waals surface area contributed by atoms with Gasteiger partial charge in [0.05, 0.1) is 11.4 Å². The molecular formula is C13H17N3O. The highest BCUT2D eigenvalue weighted by molar-refractivity contribution is 5.44. The number of nitrogens with one attached hydrogen (secondary N) is 1. The van der Waals surface area contributed by atoms with Crippen molar-refractivity contribution in [3.05, 3.63) is 46.4 Å². The van der Waals surface area contributed by atoms with E-state index in [1.807, 2.05) is 30.3 Å². The molecule has 17 heavy (non-hydrogen) atoms. The van der Waals surface area contributed by atoms with Gasteiger partial charge < -0.3 is 5.73 Å². The predicted octanol–water partition coefficient (Wildman–Crippen LogP) is 2.09. The average molecular weight is 231 g/mol. The Labute approximate surface area is 100 Å². The Kier molecular flexibility index (Phi) is 3.32. The van der Waals surface area contributed by atoms with Crippen LogP contribution in [0, 0.1) is 0 Å². The van der Waals surface area contributed by atoms with Gasteiger partial charge in [-0.1, -0.05) is 31.5 Å². The lowest BCUT2D eigenvalue weighted by atomic mass is 10.2. The summed E-state index contributed by atoms with van der Waals surface area (Å²) in [6.07, 6.45) is 2.92. The first-order valence-electron chi connectivity index (χ1n) is 5.88. The molecule has 0 fully saturated rings. The van der Waals surface area contributed by atoms with E-state index in [0.717, 1.165) is 30.6 Å². The molecule has 0 atom stereocenters. The molecule has 0 radical (unpaired) electrons. The van der Waals surface area contributed by atoms with Crippen molar-refractivity contribution < 1.29 is 0 Å². The second-order valence-corrected chi connectivity index (χ2v) is 4.08. The van der Waals surface area contributed by atoms with Crippen LogP contribution >= 0.6 is 0 Å². The summed E-state index contributed by atoms with van der Waals surface area (Å²) in [5, 5.41) is 3.08. The molecule has 0 saturated carbocycles. The molecule has 0 aliphatic carbocycles. The largest absolute Gasteiger partial charge is 0.393 e. The number of aromatic amines is 1. The number of benzene rings is 1. The van der Waals surface area contributed by atoms with Gasteiger partial charge in [-0.3, -0.25) is 9.89 Å². The van der Waals surface area contributed by atoms with Gasteiger partial charge in [0.15, 0.2) is 0 Å². The van der Waals surface area contributed by atoms with Crippen LogP contribution in [-0.2, 0) is 6.42 Å². The predicted molar refractivity (Wildman–Crippen MR) is 69.4 cm³/mol. The van der Waals surface area contributed by atoms with Crippen LogP contribution in [0.3, 0.4) is 0 Å². The number of rotatable bonds is 4. The second kappa shape index (κ2) is 4.91. The smallest absolute Gasteiger partial charge is 0.294 e. The minimum absolute atomic E-state index is 0.165. The zero-order valence-corrected chi connectivity index (χ0v) is 9.94. The van der Waals surface area contributed by atoms with Crippen molar-refractivity contribution in [1.82, 2.24) is 9.78 Å². The summed E-state index contributed by atoms with van der Waals surface area (Å²) in [5.41, 5.74) is 7.63. The van der Waals surface area contributed by atoms with E-state index < -0.39 is 0 Å². The summed E-state index contributed by atoms with van der Waals surface area (Å²) < 4.78 is 1.50. The maximum atomic E-state index is 12.0. The monoisotopic (exact) mass is 231 g/mol. The Bertz CT molecular complexity index is 540. The van der Waals surface area contributed by atoms with Gasteiger partial charge in [0.1, 0.15) is 5.69 Å². The second-order valence-electron chi connectivity index (χ2n) is 4.08. The van der Waals surface area contributed by atoms with Crippen molar-refractivity contribution in [2.24, 2.45) is 0 Å². The first-order valence-corrected chi connectivity index (χ1v) is 5.88. The van der Waals surface area contributed by atoms with Gasteiger partial charge in [0, 0.05) is 0 Å². The Morgan fingerprint density at radius 3 is 2.65 bits per heavy atom. The van der Waals surface area contributed by atoms with Crippen molar-refractivity contribution in [1.29, 1.82) is 0 Å².